The molecule has 6 heteroatoms. The molecular formula is C13H18N4O2. The Labute approximate surface area is 112 Å². The van der Waals surface area contributed by atoms with Crippen LogP contribution in [0.4, 0.5) is 11.7 Å². The van der Waals surface area contributed by atoms with E-state index in [4.69, 9.17) is 9.15 Å². The van der Waals surface area contributed by atoms with E-state index in [1.54, 1.807) is 7.11 Å². The molecule has 1 aromatic carbocycles. The summed E-state index contributed by atoms with van der Waals surface area (Å²) in [6.45, 7) is 4.86. The minimum absolute atomic E-state index is 0.0401. The second-order valence-electron chi connectivity index (χ2n) is 4.08. The number of hydrogen-bond acceptors (Lipinski definition) is 6. The van der Waals surface area contributed by atoms with Gasteiger partial charge in [0.2, 0.25) is 5.89 Å². The zero-order valence-corrected chi connectivity index (χ0v) is 11.3. The first-order valence-corrected chi connectivity index (χ1v) is 6.20. The zero-order chi connectivity index (χ0) is 13.7. The minimum Gasteiger partial charge on any atom is -0.497 e. The van der Waals surface area contributed by atoms with E-state index in [0.29, 0.717) is 11.9 Å². The minimum atomic E-state index is 0.0401. The van der Waals surface area contributed by atoms with Gasteiger partial charge in [-0.15, -0.1) is 5.10 Å². The highest BCUT2D eigenvalue weighted by atomic mass is 16.5. The highest BCUT2D eigenvalue weighted by molar-refractivity contribution is 5.54. The van der Waals surface area contributed by atoms with Crippen LogP contribution in [0.3, 0.4) is 0 Å². The normalized spacial score (nSPS) is 12.2. The van der Waals surface area contributed by atoms with Gasteiger partial charge in [-0.3, -0.25) is 0 Å². The molecule has 1 unspecified atom stereocenters. The van der Waals surface area contributed by atoms with E-state index in [2.05, 4.69) is 20.8 Å². The standard InChI is InChI=1S/C13H18N4O2/c1-4-14-9(2)12-16-17-13(19-12)15-10-6-5-7-11(8-10)18-3/h5-9,14H,4H2,1-3H3,(H,15,17). The summed E-state index contributed by atoms with van der Waals surface area (Å²) in [5.74, 6) is 1.33. The number of rotatable bonds is 6. The molecule has 2 N–H and O–H groups in total. The predicted octanol–water partition coefficient (Wildman–Crippen LogP) is 2.49. The van der Waals surface area contributed by atoms with Gasteiger partial charge in [-0.05, 0) is 25.6 Å². The third-order valence-electron chi connectivity index (χ3n) is 2.64. The van der Waals surface area contributed by atoms with Crippen LogP contribution in [0.25, 0.3) is 0 Å². The van der Waals surface area contributed by atoms with Gasteiger partial charge < -0.3 is 19.8 Å². The van der Waals surface area contributed by atoms with E-state index < -0.39 is 0 Å². The maximum atomic E-state index is 5.54. The molecule has 0 aliphatic rings. The Morgan fingerprint density at radius 1 is 1.37 bits per heavy atom. The van der Waals surface area contributed by atoms with Crippen molar-refractivity contribution in [3.8, 4) is 5.75 Å². The summed E-state index contributed by atoms with van der Waals surface area (Å²) in [4.78, 5) is 0. The first-order valence-electron chi connectivity index (χ1n) is 6.20. The molecule has 1 aromatic heterocycles. The van der Waals surface area contributed by atoms with Crippen LogP contribution in [0.2, 0.25) is 0 Å². The SMILES string of the molecule is CCNC(C)c1nnc(Nc2cccc(OC)c2)o1. The fraction of sp³-hybridized carbons (Fsp3) is 0.385. The lowest BCUT2D eigenvalue weighted by molar-refractivity contribution is 0.415. The third kappa shape index (κ3) is 3.45. The van der Waals surface area contributed by atoms with Crippen LogP contribution in [0, 0.1) is 0 Å². The van der Waals surface area contributed by atoms with E-state index in [9.17, 15) is 0 Å². The van der Waals surface area contributed by atoms with Crippen molar-refractivity contribution in [1.29, 1.82) is 0 Å². The van der Waals surface area contributed by atoms with Crippen LogP contribution in [-0.4, -0.2) is 23.9 Å². The van der Waals surface area contributed by atoms with Crippen LogP contribution < -0.4 is 15.4 Å². The number of anilines is 2. The van der Waals surface area contributed by atoms with Crippen molar-refractivity contribution >= 4 is 11.7 Å². The topological polar surface area (TPSA) is 72.2 Å². The van der Waals surface area contributed by atoms with E-state index >= 15 is 0 Å². The van der Waals surface area contributed by atoms with Gasteiger partial charge in [0.15, 0.2) is 0 Å². The summed E-state index contributed by atoms with van der Waals surface area (Å²) in [6, 6.07) is 7.93. The molecule has 19 heavy (non-hydrogen) atoms. The summed E-state index contributed by atoms with van der Waals surface area (Å²) in [5, 5.41) is 14.2. The second-order valence-corrected chi connectivity index (χ2v) is 4.08. The van der Waals surface area contributed by atoms with E-state index in [1.165, 1.54) is 0 Å². The largest absolute Gasteiger partial charge is 0.497 e. The molecule has 0 bridgehead atoms. The predicted molar refractivity (Wildman–Crippen MR) is 72.7 cm³/mol. The van der Waals surface area contributed by atoms with E-state index in [0.717, 1.165) is 18.0 Å². The smallest absolute Gasteiger partial charge is 0.320 e. The molecular weight excluding hydrogens is 244 g/mol. The van der Waals surface area contributed by atoms with Gasteiger partial charge in [0.25, 0.3) is 0 Å². The van der Waals surface area contributed by atoms with Crippen molar-refractivity contribution in [2.24, 2.45) is 0 Å². The monoisotopic (exact) mass is 262 g/mol. The molecule has 0 radical (unpaired) electrons. The average Bonchev–Trinajstić information content (AvgIpc) is 2.88. The van der Waals surface area contributed by atoms with Crippen LogP contribution >= 0.6 is 0 Å². The molecule has 0 saturated heterocycles. The van der Waals surface area contributed by atoms with Crippen molar-refractivity contribution in [1.82, 2.24) is 15.5 Å². The summed E-state index contributed by atoms with van der Waals surface area (Å²) >= 11 is 0. The first kappa shape index (κ1) is 13.4. The first-order chi connectivity index (χ1) is 9.22. The van der Waals surface area contributed by atoms with Crippen molar-refractivity contribution in [3.05, 3.63) is 30.2 Å². The number of nitrogens with zero attached hydrogens (tertiary/aromatic N) is 2. The van der Waals surface area contributed by atoms with E-state index in [-0.39, 0.29) is 6.04 Å². The van der Waals surface area contributed by atoms with Crippen molar-refractivity contribution < 1.29 is 9.15 Å². The number of benzene rings is 1. The molecule has 2 rings (SSSR count). The molecule has 0 saturated carbocycles. The molecule has 0 aliphatic carbocycles. The molecule has 102 valence electrons. The fourth-order valence-corrected chi connectivity index (χ4v) is 1.68. The summed E-state index contributed by atoms with van der Waals surface area (Å²) < 4.78 is 10.7. The van der Waals surface area contributed by atoms with Crippen molar-refractivity contribution in [3.63, 3.8) is 0 Å². The molecule has 6 nitrogen and oxygen atoms in total. The highest BCUT2D eigenvalue weighted by Gasteiger charge is 2.12. The molecule has 2 aromatic rings. The molecule has 0 amide bonds. The van der Waals surface area contributed by atoms with Crippen LogP contribution in [-0.2, 0) is 0 Å². The second kappa shape index (κ2) is 6.19. The number of methoxy groups -OCH3 is 1. The maximum absolute atomic E-state index is 5.54. The van der Waals surface area contributed by atoms with Gasteiger partial charge in [-0.25, -0.2) is 0 Å². The van der Waals surface area contributed by atoms with Gasteiger partial charge in [0.1, 0.15) is 5.75 Å². The Morgan fingerprint density at radius 2 is 2.21 bits per heavy atom. The Kier molecular flexibility index (Phi) is 4.35. The quantitative estimate of drug-likeness (QED) is 0.833. The molecule has 0 spiro atoms. The molecule has 0 fully saturated rings. The molecule has 0 aliphatic heterocycles. The molecule has 1 atom stereocenters. The van der Waals surface area contributed by atoms with Crippen LogP contribution in [0.1, 0.15) is 25.8 Å². The van der Waals surface area contributed by atoms with Crippen LogP contribution in [0.5, 0.6) is 5.75 Å². The van der Waals surface area contributed by atoms with Crippen molar-refractivity contribution in [2.75, 3.05) is 19.0 Å². The Morgan fingerprint density at radius 3 is 2.95 bits per heavy atom. The molecule has 1 heterocycles. The number of hydrogen-bond donors (Lipinski definition) is 2. The average molecular weight is 262 g/mol. The summed E-state index contributed by atoms with van der Waals surface area (Å²) in [7, 11) is 1.63. The fourth-order valence-electron chi connectivity index (χ4n) is 1.68. The summed E-state index contributed by atoms with van der Waals surface area (Å²) in [5.41, 5.74) is 0.839. The maximum Gasteiger partial charge on any atom is 0.320 e. The third-order valence-corrected chi connectivity index (χ3v) is 2.64. The Bertz CT molecular complexity index is 527. The van der Waals surface area contributed by atoms with Gasteiger partial charge in [-0.1, -0.05) is 18.1 Å². The number of aromatic nitrogens is 2. The highest BCUT2D eigenvalue weighted by Crippen LogP contribution is 2.21. The number of ether oxygens (including phenoxy) is 1. The lowest BCUT2D eigenvalue weighted by Gasteiger charge is -2.06. The zero-order valence-electron chi connectivity index (χ0n) is 11.3. The lowest BCUT2D eigenvalue weighted by Crippen LogP contribution is -2.17. The Hall–Kier alpha value is -2.08. The van der Waals surface area contributed by atoms with E-state index in [1.807, 2.05) is 38.1 Å². The lowest BCUT2D eigenvalue weighted by atomic mass is 10.3. The Balaban J connectivity index is 2.06. The van der Waals surface area contributed by atoms with Gasteiger partial charge >= 0.3 is 6.01 Å². The summed E-state index contributed by atoms with van der Waals surface area (Å²) in [6.07, 6.45) is 0. The van der Waals surface area contributed by atoms with Gasteiger partial charge in [0, 0.05) is 11.8 Å². The van der Waals surface area contributed by atoms with Crippen molar-refractivity contribution in [2.45, 2.75) is 19.9 Å². The van der Waals surface area contributed by atoms with Crippen LogP contribution in [0.15, 0.2) is 28.7 Å². The van der Waals surface area contributed by atoms with Gasteiger partial charge in [-0.2, -0.15) is 0 Å². The number of nitrogens with one attached hydrogen (secondary N) is 2. The van der Waals surface area contributed by atoms with Gasteiger partial charge in [0.05, 0.1) is 13.2 Å².